The second-order valence-electron chi connectivity index (χ2n) is 11.3. The molecule has 0 N–H and O–H groups in total. The molecule has 4 rings (SSSR count). The molecule has 3 saturated carbocycles. The Morgan fingerprint density at radius 3 is 2.70 bits per heavy atom. The lowest BCUT2D eigenvalue weighted by atomic mass is 9.47. The van der Waals surface area contributed by atoms with Crippen LogP contribution in [0.2, 0.25) is 0 Å². The van der Waals surface area contributed by atoms with E-state index in [1.54, 1.807) is 5.71 Å². The van der Waals surface area contributed by atoms with Gasteiger partial charge in [-0.1, -0.05) is 32.4 Å². The van der Waals surface area contributed by atoms with Crippen LogP contribution in [-0.4, -0.2) is 12.3 Å². The third-order valence-corrected chi connectivity index (χ3v) is 9.72. The van der Waals surface area contributed by atoms with Crippen molar-refractivity contribution in [3.05, 3.63) is 11.6 Å². The van der Waals surface area contributed by atoms with Gasteiger partial charge in [-0.3, -0.25) is 4.99 Å². The number of fused-ring (bicyclic) bond motifs is 5. The van der Waals surface area contributed by atoms with E-state index in [4.69, 9.17) is 4.99 Å². The van der Waals surface area contributed by atoms with Crippen molar-refractivity contribution in [1.82, 2.24) is 0 Å². The molecular formula is C26H43N. The van der Waals surface area contributed by atoms with E-state index >= 15 is 0 Å². The zero-order valence-corrected chi connectivity index (χ0v) is 18.7. The highest BCUT2D eigenvalue weighted by molar-refractivity contribution is 5.91. The van der Waals surface area contributed by atoms with Gasteiger partial charge in [-0.05, 0) is 113 Å². The quantitative estimate of drug-likeness (QED) is 0.456. The fourth-order valence-electron chi connectivity index (χ4n) is 8.35. The summed E-state index contributed by atoms with van der Waals surface area (Å²) in [7, 11) is 0. The third-order valence-electron chi connectivity index (χ3n) is 9.72. The molecule has 1 nitrogen and oxygen atoms in total. The summed E-state index contributed by atoms with van der Waals surface area (Å²) in [6, 6.07) is 0. The average molecular weight is 370 g/mol. The Kier molecular flexibility index (Phi) is 5.36. The van der Waals surface area contributed by atoms with Crippen LogP contribution in [0.1, 0.15) is 98.8 Å². The highest BCUT2D eigenvalue weighted by Crippen LogP contribution is 2.66. The Morgan fingerprint density at radius 2 is 1.93 bits per heavy atom. The van der Waals surface area contributed by atoms with E-state index < -0.39 is 0 Å². The van der Waals surface area contributed by atoms with Crippen molar-refractivity contribution in [2.24, 2.45) is 45.4 Å². The van der Waals surface area contributed by atoms with Gasteiger partial charge in [0.1, 0.15) is 0 Å². The van der Waals surface area contributed by atoms with E-state index in [1.165, 1.54) is 69.8 Å². The summed E-state index contributed by atoms with van der Waals surface area (Å²) >= 11 is 0. The molecule has 0 amide bonds. The molecule has 0 unspecified atom stereocenters. The zero-order chi connectivity index (χ0) is 19.2. The van der Waals surface area contributed by atoms with Crippen molar-refractivity contribution in [3.63, 3.8) is 0 Å². The molecule has 3 fully saturated rings. The molecule has 1 aliphatic heterocycles. The number of aliphatic imine (C=N–C) groups is 1. The van der Waals surface area contributed by atoms with Gasteiger partial charge in [0, 0.05) is 17.7 Å². The van der Waals surface area contributed by atoms with E-state index in [2.05, 4.69) is 40.7 Å². The molecule has 27 heavy (non-hydrogen) atoms. The molecule has 0 aromatic rings. The lowest BCUT2D eigenvalue weighted by Crippen LogP contribution is -2.53. The first-order chi connectivity index (χ1) is 12.9. The maximum atomic E-state index is 5.02. The summed E-state index contributed by atoms with van der Waals surface area (Å²) in [5.74, 6) is 4.76. The SMILES string of the molecule is CC(C)=CCC[C@@H](C)[C@H]1CC[C@H]2[C@@H]3CCC4=NCCC[C@]4(C)[C@H]3CC[C@]12C. The zero-order valence-electron chi connectivity index (χ0n) is 18.7. The lowest BCUT2D eigenvalue weighted by Gasteiger charge is -2.58. The Labute approximate surface area is 168 Å². The maximum absolute atomic E-state index is 5.02. The predicted molar refractivity (Wildman–Crippen MR) is 117 cm³/mol. The Morgan fingerprint density at radius 1 is 1.11 bits per heavy atom. The van der Waals surface area contributed by atoms with Crippen LogP contribution in [0.25, 0.3) is 0 Å². The molecule has 1 heterocycles. The molecule has 4 aliphatic rings. The van der Waals surface area contributed by atoms with Crippen molar-refractivity contribution >= 4 is 5.71 Å². The van der Waals surface area contributed by atoms with Crippen molar-refractivity contribution in [3.8, 4) is 0 Å². The van der Waals surface area contributed by atoms with Crippen molar-refractivity contribution in [1.29, 1.82) is 0 Å². The summed E-state index contributed by atoms with van der Waals surface area (Å²) < 4.78 is 0. The van der Waals surface area contributed by atoms with E-state index in [0.29, 0.717) is 10.8 Å². The lowest BCUT2D eigenvalue weighted by molar-refractivity contribution is -0.0451. The predicted octanol–water partition coefficient (Wildman–Crippen LogP) is 7.46. The summed E-state index contributed by atoms with van der Waals surface area (Å²) in [6.07, 6.45) is 16.6. The second kappa shape index (κ2) is 7.34. The number of nitrogens with zero attached hydrogens (tertiary/aromatic N) is 1. The van der Waals surface area contributed by atoms with Crippen LogP contribution in [-0.2, 0) is 0 Å². The van der Waals surface area contributed by atoms with Crippen LogP contribution >= 0.6 is 0 Å². The summed E-state index contributed by atoms with van der Waals surface area (Å²) in [6.45, 7) is 13.5. The highest BCUT2D eigenvalue weighted by atomic mass is 14.8. The van der Waals surface area contributed by atoms with E-state index in [9.17, 15) is 0 Å². The Hall–Kier alpha value is -0.590. The van der Waals surface area contributed by atoms with E-state index in [-0.39, 0.29) is 0 Å². The number of hydrogen-bond acceptors (Lipinski definition) is 1. The minimum atomic E-state index is 0.454. The molecule has 152 valence electrons. The van der Waals surface area contributed by atoms with E-state index in [1.807, 2.05) is 0 Å². The van der Waals surface area contributed by atoms with Gasteiger partial charge in [0.25, 0.3) is 0 Å². The van der Waals surface area contributed by atoms with Gasteiger partial charge >= 0.3 is 0 Å². The summed E-state index contributed by atoms with van der Waals surface area (Å²) in [5, 5.41) is 0. The molecule has 3 aliphatic carbocycles. The standard InChI is InChI=1S/C26H43N/c1-18(2)8-6-9-19(3)21-11-12-22-20-10-13-24-26(5,15-7-17-27-24)23(20)14-16-25(21,22)4/h8,19-23H,6-7,9-17H2,1-5H3/t19-,20+,21-,22+,23+,25-,26-/m1/s1. The molecule has 0 radical (unpaired) electrons. The van der Waals surface area contributed by atoms with Gasteiger partial charge in [0.05, 0.1) is 0 Å². The van der Waals surface area contributed by atoms with Gasteiger partial charge < -0.3 is 0 Å². The normalized spacial score (nSPS) is 44.6. The van der Waals surface area contributed by atoms with Gasteiger partial charge in [-0.15, -0.1) is 0 Å². The molecule has 0 bridgehead atoms. The molecular weight excluding hydrogens is 326 g/mol. The van der Waals surface area contributed by atoms with Gasteiger partial charge in [-0.25, -0.2) is 0 Å². The van der Waals surface area contributed by atoms with Crippen molar-refractivity contribution in [2.75, 3.05) is 6.54 Å². The number of allylic oxidation sites excluding steroid dienone is 2. The van der Waals surface area contributed by atoms with Crippen molar-refractivity contribution in [2.45, 2.75) is 98.8 Å². The third kappa shape index (κ3) is 3.25. The first kappa shape index (κ1) is 19.7. The van der Waals surface area contributed by atoms with Crippen LogP contribution < -0.4 is 0 Å². The fourth-order valence-corrected chi connectivity index (χ4v) is 8.35. The fraction of sp³-hybridized carbons (Fsp3) is 0.885. The minimum absolute atomic E-state index is 0.454. The smallest absolute Gasteiger partial charge is 0.0389 e. The van der Waals surface area contributed by atoms with Gasteiger partial charge in [0.2, 0.25) is 0 Å². The largest absolute Gasteiger partial charge is 0.294 e. The number of hydrogen-bond donors (Lipinski definition) is 0. The molecule has 0 saturated heterocycles. The van der Waals surface area contributed by atoms with Gasteiger partial charge in [0.15, 0.2) is 0 Å². The van der Waals surface area contributed by atoms with Gasteiger partial charge in [-0.2, -0.15) is 0 Å². The Bertz CT molecular complexity index is 612. The highest BCUT2D eigenvalue weighted by Gasteiger charge is 2.59. The molecule has 7 atom stereocenters. The topological polar surface area (TPSA) is 12.4 Å². The minimum Gasteiger partial charge on any atom is -0.294 e. The molecule has 0 aromatic heterocycles. The first-order valence-corrected chi connectivity index (χ1v) is 12.0. The van der Waals surface area contributed by atoms with Crippen LogP contribution in [0, 0.1) is 40.4 Å². The van der Waals surface area contributed by atoms with Crippen LogP contribution in [0.5, 0.6) is 0 Å². The van der Waals surface area contributed by atoms with Crippen LogP contribution in [0.3, 0.4) is 0 Å². The van der Waals surface area contributed by atoms with Crippen molar-refractivity contribution < 1.29 is 0 Å². The number of rotatable bonds is 4. The summed E-state index contributed by atoms with van der Waals surface area (Å²) in [5.41, 5.74) is 4.17. The van der Waals surface area contributed by atoms with Crippen LogP contribution in [0.15, 0.2) is 16.6 Å². The summed E-state index contributed by atoms with van der Waals surface area (Å²) in [4.78, 5) is 5.02. The van der Waals surface area contributed by atoms with Crippen LogP contribution in [0.4, 0.5) is 0 Å². The monoisotopic (exact) mass is 369 g/mol. The average Bonchev–Trinajstić information content (AvgIpc) is 2.98. The van der Waals surface area contributed by atoms with E-state index in [0.717, 1.165) is 36.1 Å². The molecule has 0 aromatic carbocycles. The Balaban J connectivity index is 1.50. The molecule has 1 heteroatoms. The molecule has 0 spiro atoms. The second-order valence-corrected chi connectivity index (χ2v) is 11.3. The maximum Gasteiger partial charge on any atom is 0.0389 e. The first-order valence-electron chi connectivity index (χ1n) is 12.0.